The molecular weight excluding hydrogens is 552 g/mol. The Morgan fingerprint density at radius 2 is 1.93 bits per heavy atom. The maximum Gasteiger partial charge on any atom is 0.415 e. The quantitative estimate of drug-likeness (QED) is 0.296. The maximum atomic E-state index is 12.8. The standard InChI is InChI=1S/C31H30N6O6/c1-41-22-7-5-19(6-8-22)16-36-28(39)18-42-25-9-10-26(34-30(25)36)35-17-23(43-31(35)40)11-12-32-14-21-13-20-3-2-4-24-29(20)37(21)27(38)15-33-24/h2-10,15,21,23,32H,11-14,16-18H2,1H3/t21?,23-/m0/s1. The molecule has 220 valence electrons. The molecular formula is C31H30N6O6. The number of fused-ring (bicyclic) bond motifs is 1. The molecule has 0 aliphatic carbocycles. The summed E-state index contributed by atoms with van der Waals surface area (Å²) in [4.78, 5) is 50.2. The lowest BCUT2D eigenvalue weighted by Crippen LogP contribution is -2.39. The molecule has 4 aromatic rings. The van der Waals surface area contributed by atoms with E-state index in [1.165, 1.54) is 11.1 Å². The second kappa shape index (κ2) is 11.0. The monoisotopic (exact) mass is 582 g/mol. The van der Waals surface area contributed by atoms with Gasteiger partial charge >= 0.3 is 6.09 Å². The fourth-order valence-corrected chi connectivity index (χ4v) is 5.98. The number of hydrogen-bond donors (Lipinski definition) is 1. The van der Waals surface area contributed by atoms with Crippen LogP contribution in [-0.4, -0.2) is 66.0 Å². The van der Waals surface area contributed by atoms with E-state index < -0.39 is 6.09 Å². The average Bonchev–Trinajstić information content (AvgIpc) is 3.59. The highest BCUT2D eigenvalue weighted by atomic mass is 16.6. The molecule has 0 radical (unpaired) electrons. The van der Waals surface area contributed by atoms with Crippen LogP contribution in [0, 0.1) is 0 Å². The van der Waals surface area contributed by atoms with Gasteiger partial charge in [0.25, 0.3) is 11.5 Å². The molecule has 0 saturated carbocycles. The molecule has 7 rings (SSSR count). The number of carbonyl (C=O) groups is 2. The Bertz CT molecular complexity index is 1770. The lowest BCUT2D eigenvalue weighted by molar-refractivity contribution is -0.121. The number of nitrogens with zero attached hydrogens (tertiary/aromatic N) is 5. The van der Waals surface area contributed by atoms with Gasteiger partial charge in [-0.15, -0.1) is 0 Å². The highest BCUT2D eigenvalue weighted by Gasteiger charge is 2.35. The van der Waals surface area contributed by atoms with Gasteiger partial charge in [-0.1, -0.05) is 24.3 Å². The van der Waals surface area contributed by atoms with Crippen LogP contribution in [-0.2, 0) is 22.5 Å². The van der Waals surface area contributed by atoms with E-state index >= 15 is 0 Å². The Hall–Kier alpha value is -4.97. The first kappa shape index (κ1) is 26.9. The van der Waals surface area contributed by atoms with E-state index in [0.29, 0.717) is 50.0 Å². The molecule has 0 bridgehead atoms. The normalized spacial score (nSPS) is 19.0. The molecule has 2 atom stereocenters. The number of pyridine rings is 1. The van der Waals surface area contributed by atoms with Crippen molar-refractivity contribution in [3.8, 4) is 11.5 Å². The molecule has 12 nitrogen and oxygen atoms in total. The predicted molar refractivity (Wildman–Crippen MR) is 158 cm³/mol. The molecule has 1 unspecified atom stereocenters. The summed E-state index contributed by atoms with van der Waals surface area (Å²) < 4.78 is 18.3. The second-order valence-electron chi connectivity index (χ2n) is 10.8. The zero-order valence-electron chi connectivity index (χ0n) is 23.6. The number of aromatic nitrogens is 3. The molecule has 2 aromatic heterocycles. The molecule has 1 N–H and O–H groups in total. The maximum absolute atomic E-state index is 12.8. The smallest absolute Gasteiger partial charge is 0.415 e. The Balaban J connectivity index is 0.984. The summed E-state index contributed by atoms with van der Waals surface area (Å²) in [6.45, 7) is 1.77. The number of hydrogen-bond acceptors (Lipinski definition) is 9. The van der Waals surface area contributed by atoms with Crippen LogP contribution in [0.15, 0.2) is 65.6 Å². The topological polar surface area (TPSA) is 128 Å². The third-order valence-electron chi connectivity index (χ3n) is 8.12. The van der Waals surface area contributed by atoms with Crippen molar-refractivity contribution in [1.82, 2.24) is 19.9 Å². The summed E-state index contributed by atoms with van der Waals surface area (Å²) in [6.07, 6.45) is 1.93. The Morgan fingerprint density at radius 1 is 1.07 bits per heavy atom. The summed E-state index contributed by atoms with van der Waals surface area (Å²) in [6, 6.07) is 16.8. The van der Waals surface area contributed by atoms with Crippen molar-refractivity contribution < 1.29 is 23.8 Å². The largest absolute Gasteiger partial charge is 0.497 e. The van der Waals surface area contributed by atoms with Crippen molar-refractivity contribution in [2.24, 2.45) is 0 Å². The van der Waals surface area contributed by atoms with E-state index in [9.17, 15) is 14.4 Å². The van der Waals surface area contributed by atoms with Gasteiger partial charge in [0.05, 0.1) is 43.5 Å². The minimum Gasteiger partial charge on any atom is -0.497 e. The van der Waals surface area contributed by atoms with Crippen LogP contribution >= 0.6 is 0 Å². The summed E-state index contributed by atoms with van der Waals surface area (Å²) in [7, 11) is 1.60. The first-order chi connectivity index (χ1) is 21.0. The van der Waals surface area contributed by atoms with E-state index in [1.807, 2.05) is 47.0 Å². The molecule has 43 heavy (non-hydrogen) atoms. The number of ether oxygens (including phenoxy) is 3. The van der Waals surface area contributed by atoms with Gasteiger partial charge in [0, 0.05) is 6.54 Å². The van der Waals surface area contributed by atoms with Gasteiger partial charge in [0.2, 0.25) is 0 Å². The zero-order chi connectivity index (χ0) is 29.5. The summed E-state index contributed by atoms with van der Waals surface area (Å²) in [5.41, 5.74) is 3.67. The fraction of sp³-hybridized carbons (Fsp3) is 0.323. The van der Waals surface area contributed by atoms with E-state index in [-0.39, 0.29) is 30.2 Å². The lowest BCUT2D eigenvalue weighted by Gasteiger charge is -2.29. The lowest BCUT2D eigenvalue weighted by atomic mass is 10.1. The van der Waals surface area contributed by atoms with Gasteiger partial charge in [-0.2, -0.15) is 0 Å². The third-order valence-corrected chi connectivity index (χ3v) is 8.12. The van der Waals surface area contributed by atoms with Crippen LogP contribution in [0.2, 0.25) is 0 Å². The molecule has 3 aliphatic rings. The molecule has 0 spiro atoms. The number of carbonyl (C=O) groups excluding carboxylic acids is 2. The average molecular weight is 583 g/mol. The Kier molecular flexibility index (Phi) is 6.90. The van der Waals surface area contributed by atoms with E-state index in [2.05, 4.69) is 15.3 Å². The number of nitrogens with one attached hydrogen (secondary N) is 1. The van der Waals surface area contributed by atoms with Crippen molar-refractivity contribution in [2.45, 2.75) is 31.5 Å². The van der Waals surface area contributed by atoms with Crippen molar-refractivity contribution in [2.75, 3.05) is 43.2 Å². The number of methoxy groups -OCH3 is 1. The zero-order valence-corrected chi connectivity index (χ0v) is 23.6. The summed E-state index contributed by atoms with van der Waals surface area (Å²) >= 11 is 0. The molecule has 12 heteroatoms. The van der Waals surface area contributed by atoms with Crippen LogP contribution in [0.1, 0.15) is 23.6 Å². The fourth-order valence-electron chi connectivity index (χ4n) is 5.98. The number of rotatable bonds is 9. The van der Waals surface area contributed by atoms with Gasteiger partial charge in [0.1, 0.15) is 17.7 Å². The molecule has 1 fully saturated rings. The Labute approximate surface area is 246 Å². The molecule has 1 saturated heterocycles. The van der Waals surface area contributed by atoms with Crippen LogP contribution in [0.3, 0.4) is 0 Å². The van der Waals surface area contributed by atoms with Crippen LogP contribution in [0.4, 0.5) is 16.4 Å². The van der Waals surface area contributed by atoms with Crippen molar-refractivity contribution in [3.63, 3.8) is 0 Å². The van der Waals surface area contributed by atoms with Gasteiger partial charge in [0.15, 0.2) is 18.2 Å². The predicted octanol–water partition coefficient (Wildman–Crippen LogP) is 2.83. The minimum absolute atomic E-state index is 0.00325. The first-order valence-electron chi connectivity index (χ1n) is 14.2. The van der Waals surface area contributed by atoms with Crippen LogP contribution < -0.4 is 30.1 Å². The van der Waals surface area contributed by atoms with Crippen molar-refractivity contribution >= 4 is 34.7 Å². The molecule has 5 heterocycles. The van der Waals surface area contributed by atoms with Gasteiger partial charge < -0.3 is 24.1 Å². The summed E-state index contributed by atoms with van der Waals surface area (Å²) in [5, 5.41) is 3.44. The van der Waals surface area contributed by atoms with Gasteiger partial charge in [-0.25, -0.2) is 14.8 Å². The van der Waals surface area contributed by atoms with Crippen molar-refractivity contribution in [1.29, 1.82) is 0 Å². The molecule has 3 aliphatic heterocycles. The van der Waals surface area contributed by atoms with E-state index in [4.69, 9.17) is 14.2 Å². The number of anilines is 2. The minimum atomic E-state index is -0.487. The highest BCUT2D eigenvalue weighted by molar-refractivity contribution is 5.97. The van der Waals surface area contributed by atoms with E-state index in [1.54, 1.807) is 24.1 Å². The second-order valence-corrected chi connectivity index (χ2v) is 10.8. The number of benzene rings is 2. The van der Waals surface area contributed by atoms with Gasteiger partial charge in [-0.3, -0.25) is 19.4 Å². The molecule has 2 aromatic carbocycles. The number of cyclic esters (lactones) is 1. The number of para-hydroxylation sites is 1. The highest BCUT2D eigenvalue weighted by Crippen LogP contribution is 2.35. The van der Waals surface area contributed by atoms with Crippen LogP contribution in [0.25, 0.3) is 11.0 Å². The molecule has 2 amide bonds. The SMILES string of the molecule is COc1ccc(CN2C(=O)COc3ccc(N4C[C@H](CCNCC5Cc6cccc7ncc(=O)n5c67)OC4=O)nc32)cc1. The summed E-state index contributed by atoms with van der Waals surface area (Å²) in [5.74, 6) is 1.73. The van der Waals surface area contributed by atoms with E-state index in [0.717, 1.165) is 34.3 Å². The Morgan fingerprint density at radius 3 is 2.77 bits per heavy atom. The first-order valence-corrected chi connectivity index (χ1v) is 14.2. The van der Waals surface area contributed by atoms with Gasteiger partial charge in [-0.05, 0) is 60.8 Å². The van der Waals surface area contributed by atoms with Crippen LogP contribution in [0.5, 0.6) is 11.5 Å². The van der Waals surface area contributed by atoms with Crippen molar-refractivity contribution in [3.05, 3.63) is 82.3 Å². The third kappa shape index (κ3) is 5.03. The number of amides is 2.